The van der Waals surface area contributed by atoms with E-state index in [0.29, 0.717) is 5.92 Å². The minimum atomic E-state index is -3.33. The van der Waals surface area contributed by atoms with Gasteiger partial charge in [0, 0.05) is 0 Å². The molecule has 1 saturated carbocycles. The maximum atomic E-state index is 11.4. The summed E-state index contributed by atoms with van der Waals surface area (Å²) >= 11 is 0. The first-order chi connectivity index (χ1) is 6.55. The first kappa shape index (κ1) is 12.0. The first-order valence-electron chi connectivity index (χ1n) is 5.57. The predicted octanol–water partition coefficient (Wildman–Crippen LogP) is 2.02. The number of rotatable bonds is 4. The van der Waals surface area contributed by atoms with Crippen molar-refractivity contribution in [3.05, 3.63) is 0 Å². The zero-order valence-corrected chi connectivity index (χ0v) is 9.72. The molecule has 0 amide bonds. The van der Waals surface area contributed by atoms with Gasteiger partial charge in [-0.3, -0.25) is 0 Å². The van der Waals surface area contributed by atoms with Gasteiger partial charge >= 0.3 is 0 Å². The molecule has 3 nitrogen and oxygen atoms in total. The van der Waals surface area contributed by atoms with E-state index in [1.54, 1.807) is 0 Å². The van der Waals surface area contributed by atoms with Gasteiger partial charge in [-0.2, -0.15) is 0 Å². The van der Waals surface area contributed by atoms with Crippen LogP contribution in [0.5, 0.6) is 0 Å². The van der Waals surface area contributed by atoms with Gasteiger partial charge < -0.3 is 0 Å². The van der Waals surface area contributed by atoms with Crippen molar-refractivity contribution in [2.75, 3.05) is 0 Å². The monoisotopic (exact) mass is 219 g/mol. The highest BCUT2D eigenvalue weighted by molar-refractivity contribution is 7.89. The fourth-order valence-electron chi connectivity index (χ4n) is 2.46. The van der Waals surface area contributed by atoms with Crippen LogP contribution in [-0.4, -0.2) is 13.7 Å². The van der Waals surface area contributed by atoms with E-state index in [9.17, 15) is 8.42 Å². The molecule has 0 aromatic heterocycles. The molecule has 0 spiro atoms. The lowest BCUT2D eigenvalue weighted by Gasteiger charge is -2.28. The van der Waals surface area contributed by atoms with Gasteiger partial charge in [-0.1, -0.05) is 32.6 Å². The highest BCUT2D eigenvalue weighted by atomic mass is 32.2. The van der Waals surface area contributed by atoms with E-state index in [1.165, 1.54) is 19.3 Å². The predicted molar refractivity (Wildman–Crippen MR) is 58.4 cm³/mol. The molecule has 0 heterocycles. The van der Waals surface area contributed by atoms with E-state index < -0.39 is 10.0 Å². The summed E-state index contributed by atoms with van der Waals surface area (Å²) in [5.41, 5.74) is 0. The summed E-state index contributed by atoms with van der Waals surface area (Å²) in [5, 5.41) is 4.98. The molecule has 1 unspecified atom stereocenters. The molecule has 0 aromatic rings. The standard InChI is InChI=1S/C10H21NO2S/c1-2-6-10(14(11,12)13)9-7-4-3-5-8-9/h9-10H,2-8H2,1H3,(H2,11,12,13). The Morgan fingerprint density at radius 1 is 1.29 bits per heavy atom. The second kappa shape index (κ2) is 5.12. The van der Waals surface area contributed by atoms with Crippen molar-refractivity contribution >= 4 is 10.0 Å². The summed E-state index contributed by atoms with van der Waals surface area (Å²) in [7, 11) is -3.33. The van der Waals surface area contributed by atoms with Gasteiger partial charge in [0.05, 0.1) is 5.25 Å². The van der Waals surface area contributed by atoms with Crippen LogP contribution in [0.4, 0.5) is 0 Å². The van der Waals surface area contributed by atoms with E-state index in [-0.39, 0.29) is 5.25 Å². The lowest BCUT2D eigenvalue weighted by atomic mass is 9.85. The number of hydrogen-bond donors (Lipinski definition) is 1. The van der Waals surface area contributed by atoms with E-state index in [4.69, 9.17) is 5.14 Å². The van der Waals surface area contributed by atoms with Crippen LogP contribution < -0.4 is 5.14 Å². The summed E-state index contributed by atoms with van der Waals surface area (Å²) in [6.45, 7) is 2.01. The molecule has 1 aliphatic carbocycles. The van der Waals surface area contributed by atoms with E-state index in [0.717, 1.165) is 25.7 Å². The molecule has 1 atom stereocenters. The Hall–Kier alpha value is -0.0900. The molecule has 2 N–H and O–H groups in total. The summed E-state index contributed by atoms with van der Waals surface area (Å²) in [6.07, 6.45) is 7.30. The van der Waals surface area contributed by atoms with E-state index in [2.05, 4.69) is 0 Å². The Bertz CT molecular complexity index is 255. The smallest absolute Gasteiger partial charge is 0.212 e. The molecule has 0 bridgehead atoms. The summed E-state index contributed by atoms with van der Waals surface area (Å²) in [5.74, 6) is 0.318. The average Bonchev–Trinajstić information content (AvgIpc) is 2.14. The Morgan fingerprint density at radius 3 is 2.29 bits per heavy atom. The van der Waals surface area contributed by atoms with Crippen LogP contribution >= 0.6 is 0 Å². The molecule has 84 valence electrons. The van der Waals surface area contributed by atoms with Crippen molar-refractivity contribution in [2.45, 2.75) is 57.1 Å². The van der Waals surface area contributed by atoms with Crippen molar-refractivity contribution < 1.29 is 8.42 Å². The number of hydrogen-bond acceptors (Lipinski definition) is 2. The Labute approximate surface area is 87.1 Å². The molecule has 0 aromatic carbocycles. The zero-order chi connectivity index (χ0) is 10.6. The van der Waals surface area contributed by atoms with Crippen LogP contribution in [0.15, 0.2) is 0 Å². The van der Waals surface area contributed by atoms with Gasteiger partial charge in [-0.15, -0.1) is 0 Å². The fraction of sp³-hybridized carbons (Fsp3) is 1.00. The Morgan fingerprint density at radius 2 is 1.86 bits per heavy atom. The van der Waals surface area contributed by atoms with Gasteiger partial charge in [0.15, 0.2) is 0 Å². The fourth-order valence-corrected chi connectivity index (χ4v) is 3.83. The van der Waals surface area contributed by atoms with Gasteiger partial charge in [-0.25, -0.2) is 13.6 Å². The SMILES string of the molecule is CCCC(C1CCCCC1)S(N)(=O)=O. The van der Waals surface area contributed by atoms with Gasteiger partial charge in [-0.05, 0) is 25.2 Å². The maximum Gasteiger partial charge on any atom is 0.212 e. The molecular weight excluding hydrogens is 198 g/mol. The molecule has 1 fully saturated rings. The van der Waals surface area contributed by atoms with Gasteiger partial charge in [0.25, 0.3) is 0 Å². The molecule has 0 radical (unpaired) electrons. The minimum absolute atomic E-state index is 0.284. The molecule has 1 aliphatic rings. The average molecular weight is 219 g/mol. The van der Waals surface area contributed by atoms with Crippen molar-refractivity contribution in [3.8, 4) is 0 Å². The Balaban J connectivity index is 2.66. The van der Waals surface area contributed by atoms with E-state index >= 15 is 0 Å². The molecular formula is C10H21NO2S. The van der Waals surface area contributed by atoms with Crippen LogP contribution in [0.2, 0.25) is 0 Å². The van der Waals surface area contributed by atoms with E-state index in [1.807, 2.05) is 6.92 Å². The number of nitrogens with two attached hydrogens (primary N) is 1. The Kier molecular flexibility index (Phi) is 4.38. The molecule has 0 saturated heterocycles. The highest BCUT2D eigenvalue weighted by Gasteiger charge is 2.30. The minimum Gasteiger partial charge on any atom is -0.228 e. The molecule has 4 heteroatoms. The van der Waals surface area contributed by atoms with Crippen molar-refractivity contribution in [1.82, 2.24) is 0 Å². The van der Waals surface area contributed by atoms with Gasteiger partial charge in [0.1, 0.15) is 0 Å². The van der Waals surface area contributed by atoms with Crippen molar-refractivity contribution in [2.24, 2.45) is 11.1 Å². The second-order valence-electron chi connectivity index (χ2n) is 4.31. The maximum absolute atomic E-state index is 11.4. The molecule has 14 heavy (non-hydrogen) atoms. The third-order valence-electron chi connectivity index (χ3n) is 3.17. The molecule has 0 aliphatic heterocycles. The van der Waals surface area contributed by atoms with Crippen LogP contribution in [0.3, 0.4) is 0 Å². The second-order valence-corrected chi connectivity index (χ2v) is 6.10. The van der Waals surface area contributed by atoms with Crippen LogP contribution in [0.25, 0.3) is 0 Å². The number of sulfonamides is 1. The van der Waals surface area contributed by atoms with Crippen LogP contribution in [0.1, 0.15) is 51.9 Å². The lowest BCUT2D eigenvalue weighted by Crippen LogP contribution is -2.36. The highest BCUT2D eigenvalue weighted by Crippen LogP contribution is 2.31. The third kappa shape index (κ3) is 3.24. The topological polar surface area (TPSA) is 60.2 Å². The zero-order valence-electron chi connectivity index (χ0n) is 8.91. The van der Waals surface area contributed by atoms with Crippen LogP contribution in [0, 0.1) is 5.92 Å². The molecule has 1 rings (SSSR count). The number of primary sulfonamides is 1. The largest absolute Gasteiger partial charge is 0.228 e. The van der Waals surface area contributed by atoms with Crippen molar-refractivity contribution in [3.63, 3.8) is 0 Å². The normalized spacial score (nSPS) is 22.1. The summed E-state index contributed by atoms with van der Waals surface area (Å²) in [6, 6.07) is 0. The summed E-state index contributed by atoms with van der Waals surface area (Å²) < 4.78 is 22.8. The quantitative estimate of drug-likeness (QED) is 0.786. The van der Waals surface area contributed by atoms with Crippen LogP contribution in [-0.2, 0) is 10.0 Å². The van der Waals surface area contributed by atoms with Crippen molar-refractivity contribution in [1.29, 1.82) is 0 Å². The lowest BCUT2D eigenvalue weighted by molar-refractivity contribution is 0.331. The van der Waals surface area contributed by atoms with Gasteiger partial charge in [0.2, 0.25) is 10.0 Å². The summed E-state index contributed by atoms with van der Waals surface area (Å²) in [4.78, 5) is 0. The first-order valence-corrected chi connectivity index (χ1v) is 7.18. The third-order valence-corrected chi connectivity index (χ3v) is 4.64.